The molecule has 1 atom stereocenters. The van der Waals surface area contributed by atoms with E-state index in [2.05, 4.69) is 5.32 Å². The van der Waals surface area contributed by atoms with Crippen LogP contribution in [-0.2, 0) is 4.79 Å². The number of hydrogen-bond acceptors (Lipinski definition) is 5. The molecule has 0 aliphatic rings. The fourth-order valence-electron chi connectivity index (χ4n) is 2.08. The molecule has 0 radical (unpaired) electrons. The van der Waals surface area contributed by atoms with Crippen molar-refractivity contribution in [3.05, 3.63) is 18.2 Å². The van der Waals surface area contributed by atoms with Crippen LogP contribution in [-0.4, -0.2) is 48.8 Å². The summed E-state index contributed by atoms with van der Waals surface area (Å²) < 4.78 is 5.08. The Balaban J connectivity index is 2.70. The highest BCUT2D eigenvalue weighted by Gasteiger charge is 2.20. The number of aliphatic hydroxyl groups is 1. The quantitative estimate of drug-likeness (QED) is 0.629. The Morgan fingerprint density at radius 3 is 2.76 bits per heavy atom. The van der Waals surface area contributed by atoms with Gasteiger partial charge in [0.25, 0.3) is 0 Å². The molecule has 1 unspecified atom stereocenters. The second-order valence-electron chi connectivity index (χ2n) is 4.82. The minimum atomic E-state index is -0.289. The van der Waals surface area contributed by atoms with Crippen LogP contribution in [0.4, 0.5) is 11.4 Å². The number of carbonyl (C=O) groups excluding carboxylic acids is 1. The molecule has 0 bridgehead atoms. The van der Waals surface area contributed by atoms with Gasteiger partial charge in [-0.3, -0.25) is 9.69 Å². The van der Waals surface area contributed by atoms with Gasteiger partial charge >= 0.3 is 0 Å². The summed E-state index contributed by atoms with van der Waals surface area (Å²) in [7, 11) is 1.56. The Bertz CT molecular complexity index is 465. The summed E-state index contributed by atoms with van der Waals surface area (Å²) in [6, 6.07) is 4.86. The van der Waals surface area contributed by atoms with Crippen LogP contribution in [0.25, 0.3) is 0 Å². The lowest BCUT2D eigenvalue weighted by Gasteiger charge is -2.26. The van der Waals surface area contributed by atoms with E-state index in [1.54, 1.807) is 25.3 Å². The van der Waals surface area contributed by atoms with E-state index >= 15 is 0 Å². The Morgan fingerprint density at radius 2 is 2.24 bits per heavy atom. The van der Waals surface area contributed by atoms with E-state index in [0.29, 0.717) is 30.1 Å². The summed E-state index contributed by atoms with van der Waals surface area (Å²) in [4.78, 5) is 14.3. The van der Waals surface area contributed by atoms with Crippen molar-refractivity contribution >= 4 is 17.3 Å². The monoisotopic (exact) mass is 295 g/mol. The smallest absolute Gasteiger partial charge is 0.241 e. The summed E-state index contributed by atoms with van der Waals surface area (Å²) >= 11 is 0. The van der Waals surface area contributed by atoms with Gasteiger partial charge in [0.15, 0.2) is 0 Å². The van der Waals surface area contributed by atoms with Crippen LogP contribution >= 0.6 is 0 Å². The fraction of sp³-hybridized carbons (Fsp3) is 0.533. The van der Waals surface area contributed by atoms with Gasteiger partial charge in [0.1, 0.15) is 5.75 Å². The van der Waals surface area contributed by atoms with Gasteiger partial charge in [0.2, 0.25) is 5.91 Å². The number of hydrogen-bond donors (Lipinski definition) is 3. The zero-order chi connectivity index (χ0) is 15.8. The number of carbonyl (C=O) groups is 1. The number of ether oxygens (including phenoxy) is 1. The summed E-state index contributed by atoms with van der Waals surface area (Å²) in [5.74, 6) is 0.531. The number of amides is 1. The highest BCUT2D eigenvalue weighted by atomic mass is 16.5. The highest BCUT2D eigenvalue weighted by molar-refractivity contribution is 5.97. The van der Waals surface area contributed by atoms with Crippen molar-refractivity contribution in [1.82, 2.24) is 4.90 Å². The standard InChI is InChI=1S/C15H25N3O3/c1-4-18(8-5-9-19)11(2)15(20)17-14-7-6-12(21-3)10-13(14)16/h6-7,10-11,19H,4-5,8-9,16H2,1-3H3,(H,17,20). The molecule has 0 saturated heterocycles. The first kappa shape index (κ1) is 17.3. The molecular weight excluding hydrogens is 270 g/mol. The van der Waals surface area contributed by atoms with E-state index in [1.165, 1.54) is 0 Å². The van der Waals surface area contributed by atoms with Gasteiger partial charge in [0, 0.05) is 19.2 Å². The maximum atomic E-state index is 12.3. The first-order valence-corrected chi connectivity index (χ1v) is 7.12. The number of methoxy groups -OCH3 is 1. The summed E-state index contributed by atoms with van der Waals surface area (Å²) in [6.07, 6.45) is 0.649. The molecule has 0 spiro atoms. The maximum absolute atomic E-state index is 12.3. The molecule has 0 saturated carbocycles. The van der Waals surface area contributed by atoms with E-state index in [1.807, 2.05) is 18.7 Å². The van der Waals surface area contributed by atoms with Crippen LogP contribution in [0.2, 0.25) is 0 Å². The van der Waals surface area contributed by atoms with Crippen molar-refractivity contribution in [3.8, 4) is 5.75 Å². The number of benzene rings is 1. The molecule has 0 aliphatic carbocycles. The second kappa shape index (κ2) is 8.49. The number of anilines is 2. The van der Waals surface area contributed by atoms with E-state index in [9.17, 15) is 4.79 Å². The first-order chi connectivity index (χ1) is 10.0. The molecule has 1 amide bonds. The Kier molecular flexibility index (Phi) is 6.98. The van der Waals surface area contributed by atoms with Crippen molar-refractivity contribution in [1.29, 1.82) is 0 Å². The summed E-state index contributed by atoms with van der Waals surface area (Å²) in [5.41, 5.74) is 6.93. The zero-order valence-corrected chi connectivity index (χ0v) is 12.9. The van der Waals surface area contributed by atoms with Gasteiger partial charge in [-0.1, -0.05) is 6.92 Å². The lowest BCUT2D eigenvalue weighted by Crippen LogP contribution is -2.42. The lowest BCUT2D eigenvalue weighted by molar-refractivity contribution is -0.120. The topological polar surface area (TPSA) is 87.8 Å². The molecule has 1 aromatic carbocycles. The van der Waals surface area contributed by atoms with Crippen LogP contribution in [0.1, 0.15) is 20.3 Å². The summed E-state index contributed by atoms with van der Waals surface area (Å²) in [6.45, 7) is 5.38. The number of nitrogens with one attached hydrogen (secondary N) is 1. The molecule has 0 aromatic heterocycles. The van der Waals surface area contributed by atoms with Gasteiger partial charge < -0.3 is 20.9 Å². The number of nitrogens with two attached hydrogens (primary N) is 1. The molecule has 4 N–H and O–H groups in total. The normalized spacial score (nSPS) is 12.2. The van der Waals surface area contributed by atoms with E-state index in [0.717, 1.165) is 6.54 Å². The van der Waals surface area contributed by atoms with Crippen molar-refractivity contribution in [2.24, 2.45) is 0 Å². The van der Waals surface area contributed by atoms with Crippen LogP contribution in [0, 0.1) is 0 Å². The molecule has 6 heteroatoms. The van der Waals surface area contributed by atoms with Gasteiger partial charge in [-0.15, -0.1) is 0 Å². The van der Waals surface area contributed by atoms with Gasteiger partial charge in [0.05, 0.1) is 24.5 Å². The van der Waals surface area contributed by atoms with Crippen molar-refractivity contribution in [2.75, 3.05) is 37.9 Å². The highest BCUT2D eigenvalue weighted by Crippen LogP contribution is 2.24. The van der Waals surface area contributed by atoms with Crippen molar-refractivity contribution < 1.29 is 14.6 Å². The van der Waals surface area contributed by atoms with E-state index in [-0.39, 0.29) is 18.6 Å². The van der Waals surface area contributed by atoms with Crippen LogP contribution in [0.15, 0.2) is 18.2 Å². The zero-order valence-electron chi connectivity index (χ0n) is 12.9. The van der Waals surface area contributed by atoms with Gasteiger partial charge in [-0.25, -0.2) is 0 Å². The first-order valence-electron chi connectivity index (χ1n) is 7.12. The SMILES string of the molecule is CCN(CCCO)C(C)C(=O)Nc1ccc(OC)cc1N. The molecule has 0 fully saturated rings. The van der Waals surface area contributed by atoms with Crippen LogP contribution in [0.3, 0.4) is 0 Å². The molecule has 0 heterocycles. The van der Waals surface area contributed by atoms with Crippen LogP contribution in [0.5, 0.6) is 5.75 Å². The minimum absolute atomic E-state index is 0.119. The number of nitrogen functional groups attached to an aromatic ring is 1. The Morgan fingerprint density at radius 1 is 1.52 bits per heavy atom. The molecule has 6 nitrogen and oxygen atoms in total. The van der Waals surface area contributed by atoms with Gasteiger partial charge in [-0.2, -0.15) is 0 Å². The molecule has 1 rings (SSSR count). The lowest BCUT2D eigenvalue weighted by atomic mass is 10.2. The third-order valence-electron chi connectivity index (χ3n) is 3.45. The van der Waals surface area contributed by atoms with Crippen LogP contribution < -0.4 is 15.8 Å². The van der Waals surface area contributed by atoms with E-state index < -0.39 is 0 Å². The molecule has 118 valence electrons. The Hall–Kier alpha value is -1.79. The number of aliphatic hydroxyl groups excluding tert-OH is 1. The third-order valence-corrected chi connectivity index (χ3v) is 3.45. The third kappa shape index (κ3) is 4.91. The minimum Gasteiger partial charge on any atom is -0.497 e. The summed E-state index contributed by atoms with van der Waals surface area (Å²) in [5, 5.41) is 11.7. The number of likely N-dealkylation sites (N-methyl/N-ethyl adjacent to an activating group) is 1. The average Bonchev–Trinajstić information content (AvgIpc) is 2.49. The molecule has 1 aromatic rings. The maximum Gasteiger partial charge on any atom is 0.241 e. The predicted octanol–water partition coefficient (Wildman–Crippen LogP) is 1.31. The predicted molar refractivity (Wildman–Crippen MR) is 84.4 cm³/mol. The second-order valence-corrected chi connectivity index (χ2v) is 4.82. The number of nitrogens with zero attached hydrogens (tertiary/aromatic N) is 1. The largest absolute Gasteiger partial charge is 0.497 e. The average molecular weight is 295 g/mol. The van der Waals surface area contributed by atoms with Crippen molar-refractivity contribution in [2.45, 2.75) is 26.3 Å². The number of rotatable bonds is 8. The van der Waals surface area contributed by atoms with Gasteiger partial charge in [-0.05, 0) is 32.0 Å². The Labute approximate surface area is 125 Å². The van der Waals surface area contributed by atoms with Crippen molar-refractivity contribution in [3.63, 3.8) is 0 Å². The van der Waals surface area contributed by atoms with E-state index in [4.69, 9.17) is 15.6 Å². The molecular formula is C15H25N3O3. The fourth-order valence-corrected chi connectivity index (χ4v) is 2.08. The molecule has 0 aliphatic heterocycles. The molecule has 21 heavy (non-hydrogen) atoms.